The predicted octanol–water partition coefficient (Wildman–Crippen LogP) is 2.28. The Hall–Kier alpha value is -3.42. The molecule has 8 heteroatoms. The van der Waals surface area contributed by atoms with Crippen molar-refractivity contribution in [3.05, 3.63) is 69.8 Å². The number of carbonyl (C=O) groups excluding carboxylic acids is 2. The van der Waals surface area contributed by atoms with Gasteiger partial charge in [-0.05, 0) is 37.6 Å². The number of nitrogens with zero attached hydrogens (tertiary/aromatic N) is 2. The quantitative estimate of drug-likeness (QED) is 0.510. The van der Waals surface area contributed by atoms with Crippen LogP contribution in [0.1, 0.15) is 22.8 Å². The number of hydrogen-bond acceptors (Lipinski definition) is 5. The fourth-order valence-corrected chi connectivity index (χ4v) is 2.71. The molecule has 0 heterocycles. The van der Waals surface area contributed by atoms with Gasteiger partial charge < -0.3 is 15.5 Å². The van der Waals surface area contributed by atoms with Gasteiger partial charge in [-0.25, -0.2) is 0 Å². The van der Waals surface area contributed by atoms with E-state index in [2.05, 4.69) is 21.6 Å². The largest absolute Gasteiger partial charge is 0.370 e. The first kappa shape index (κ1) is 20.9. The maximum atomic E-state index is 12.0. The van der Waals surface area contributed by atoms with Crippen LogP contribution < -0.4 is 15.5 Å². The van der Waals surface area contributed by atoms with E-state index in [0.29, 0.717) is 13.1 Å². The van der Waals surface area contributed by atoms with Crippen molar-refractivity contribution in [2.75, 3.05) is 31.1 Å². The summed E-state index contributed by atoms with van der Waals surface area (Å²) in [6, 6.07) is 13.5. The van der Waals surface area contributed by atoms with Crippen molar-refractivity contribution in [1.82, 2.24) is 10.6 Å². The lowest BCUT2D eigenvalue weighted by atomic mass is 10.2. The molecule has 0 bridgehead atoms. The zero-order chi connectivity index (χ0) is 20.5. The number of nitrogens with one attached hydrogen (secondary N) is 2. The Morgan fingerprint density at radius 2 is 1.86 bits per heavy atom. The normalized spacial score (nSPS) is 10.2. The molecule has 2 aromatic rings. The van der Waals surface area contributed by atoms with Gasteiger partial charge in [-0.3, -0.25) is 19.7 Å². The van der Waals surface area contributed by atoms with E-state index in [1.54, 1.807) is 0 Å². The topological polar surface area (TPSA) is 105 Å². The lowest BCUT2D eigenvalue weighted by Crippen LogP contribution is -2.40. The number of aryl methyl sites for hydroxylation is 1. The molecular formula is C20H24N4O4. The Bertz CT molecular complexity index is 854. The number of hydrogen-bond donors (Lipinski definition) is 2. The van der Waals surface area contributed by atoms with Gasteiger partial charge in [-0.2, -0.15) is 0 Å². The summed E-state index contributed by atoms with van der Waals surface area (Å²) in [5.74, 6) is -0.854. The van der Waals surface area contributed by atoms with Crippen LogP contribution in [0.3, 0.4) is 0 Å². The molecule has 0 saturated heterocycles. The SMILES string of the molecule is CCN(CCNC(=O)CNC(=O)c1cccc([N+](=O)[O-])c1)c1cccc(C)c1. The van der Waals surface area contributed by atoms with E-state index >= 15 is 0 Å². The minimum Gasteiger partial charge on any atom is -0.370 e. The summed E-state index contributed by atoms with van der Waals surface area (Å²) in [5.41, 5.74) is 2.23. The number of non-ortho nitro benzene ring substituents is 1. The number of nitro groups is 1. The van der Waals surface area contributed by atoms with Gasteiger partial charge in [-0.15, -0.1) is 0 Å². The summed E-state index contributed by atoms with van der Waals surface area (Å²) >= 11 is 0. The predicted molar refractivity (Wildman–Crippen MR) is 108 cm³/mol. The highest BCUT2D eigenvalue weighted by Crippen LogP contribution is 2.15. The zero-order valence-electron chi connectivity index (χ0n) is 16.0. The van der Waals surface area contributed by atoms with Crippen LogP contribution in [0.2, 0.25) is 0 Å². The monoisotopic (exact) mass is 384 g/mol. The lowest BCUT2D eigenvalue weighted by Gasteiger charge is -2.23. The molecule has 2 rings (SSSR count). The molecule has 28 heavy (non-hydrogen) atoms. The molecule has 0 aliphatic carbocycles. The van der Waals surface area contributed by atoms with E-state index in [0.717, 1.165) is 12.2 Å². The number of anilines is 1. The third-order valence-electron chi connectivity index (χ3n) is 4.18. The van der Waals surface area contributed by atoms with Crippen LogP contribution in [-0.4, -0.2) is 42.9 Å². The summed E-state index contributed by atoms with van der Waals surface area (Å²) in [5, 5.41) is 16.0. The van der Waals surface area contributed by atoms with Crippen LogP contribution in [0.5, 0.6) is 0 Å². The van der Waals surface area contributed by atoms with Crippen LogP contribution in [0, 0.1) is 17.0 Å². The number of nitro benzene ring substituents is 1. The number of likely N-dealkylation sites (N-methyl/N-ethyl adjacent to an activating group) is 1. The Balaban J connectivity index is 1.78. The first-order valence-electron chi connectivity index (χ1n) is 9.01. The van der Waals surface area contributed by atoms with Crippen molar-refractivity contribution in [3.8, 4) is 0 Å². The summed E-state index contributed by atoms with van der Waals surface area (Å²) in [6.07, 6.45) is 0. The average Bonchev–Trinajstić information content (AvgIpc) is 2.69. The first-order chi connectivity index (χ1) is 13.4. The van der Waals surface area contributed by atoms with Gasteiger partial charge in [0.1, 0.15) is 0 Å². The average molecular weight is 384 g/mol. The van der Waals surface area contributed by atoms with Gasteiger partial charge in [0, 0.05) is 43.0 Å². The Morgan fingerprint density at radius 3 is 2.54 bits per heavy atom. The Kier molecular flexibility index (Phi) is 7.50. The van der Waals surface area contributed by atoms with E-state index in [1.165, 1.54) is 29.8 Å². The van der Waals surface area contributed by atoms with Gasteiger partial charge in [0.05, 0.1) is 11.5 Å². The van der Waals surface area contributed by atoms with Crippen molar-refractivity contribution >= 4 is 23.2 Å². The molecule has 0 saturated carbocycles. The Labute approximate surface area is 163 Å². The molecule has 0 radical (unpaired) electrons. The molecule has 0 aliphatic rings. The highest BCUT2D eigenvalue weighted by Gasteiger charge is 2.12. The minimum absolute atomic E-state index is 0.138. The molecule has 0 unspecified atom stereocenters. The van der Waals surface area contributed by atoms with Crippen LogP contribution in [0.25, 0.3) is 0 Å². The highest BCUT2D eigenvalue weighted by atomic mass is 16.6. The van der Waals surface area contributed by atoms with Crippen LogP contribution in [0.4, 0.5) is 11.4 Å². The van der Waals surface area contributed by atoms with Crippen molar-refractivity contribution < 1.29 is 14.5 Å². The second-order valence-corrected chi connectivity index (χ2v) is 6.26. The van der Waals surface area contributed by atoms with Crippen molar-refractivity contribution in [2.24, 2.45) is 0 Å². The van der Waals surface area contributed by atoms with Crippen molar-refractivity contribution in [3.63, 3.8) is 0 Å². The van der Waals surface area contributed by atoms with Crippen LogP contribution in [-0.2, 0) is 4.79 Å². The minimum atomic E-state index is -0.572. The van der Waals surface area contributed by atoms with Crippen LogP contribution in [0.15, 0.2) is 48.5 Å². The zero-order valence-corrected chi connectivity index (χ0v) is 16.0. The molecule has 0 atom stereocenters. The first-order valence-corrected chi connectivity index (χ1v) is 9.01. The van der Waals surface area contributed by atoms with Crippen LogP contribution >= 0.6 is 0 Å². The summed E-state index contributed by atoms with van der Waals surface area (Å²) in [4.78, 5) is 36.4. The standard InChI is InChI=1S/C20H24N4O4/c1-3-23(17-8-4-6-15(2)12-17)11-10-21-19(25)14-22-20(26)16-7-5-9-18(13-16)24(27)28/h4-9,12-13H,3,10-11,14H2,1-2H3,(H,21,25)(H,22,26). The van der Waals surface area contributed by atoms with Gasteiger partial charge in [-0.1, -0.05) is 18.2 Å². The molecule has 2 aromatic carbocycles. The Morgan fingerprint density at radius 1 is 1.11 bits per heavy atom. The van der Waals surface area contributed by atoms with Gasteiger partial charge >= 0.3 is 0 Å². The van der Waals surface area contributed by atoms with E-state index in [-0.39, 0.29) is 23.7 Å². The van der Waals surface area contributed by atoms with E-state index in [4.69, 9.17) is 0 Å². The third kappa shape index (κ3) is 6.08. The molecule has 0 aliphatic heterocycles. The molecule has 8 nitrogen and oxygen atoms in total. The number of amides is 2. The molecular weight excluding hydrogens is 360 g/mol. The molecule has 148 valence electrons. The number of benzene rings is 2. The van der Waals surface area contributed by atoms with Gasteiger partial charge in [0.25, 0.3) is 11.6 Å². The number of carbonyl (C=O) groups is 2. The van der Waals surface area contributed by atoms with Gasteiger partial charge in [0.2, 0.25) is 5.91 Å². The van der Waals surface area contributed by atoms with Crippen molar-refractivity contribution in [1.29, 1.82) is 0 Å². The smallest absolute Gasteiger partial charge is 0.270 e. The van der Waals surface area contributed by atoms with Gasteiger partial charge in [0.15, 0.2) is 0 Å². The summed E-state index contributed by atoms with van der Waals surface area (Å²) in [7, 11) is 0. The van der Waals surface area contributed by atoms with E-state index < -0.39 is 10.8 Å². The second-order valence-electron chi connectivity index (χ2n) is 6.26. The second kappa shape index (κ2) is 10.1. The molecule has 2 N–H and O–H groups in total. The molecule has 2 amide bonds. The number of rotatable bonds is 9. The summed E-state index contributed by atoms with van der Waals surface area (Å²) < 4.78 is 0. The van der Waals surface area contributed by atoms with E-state index in [9.17, 15) is 19.7 Å². The maximum Gasteiger partial charge on any atom is 0.270 e. The fourth-order valence-electron chi connectivity index (χ4n) is 2.71. The molecule has 0 fully saturated rings. The molecule has 0 spiro atoms. The summed E-state index contributed by atoms with van der Waals surface area (Å²) in [6.45, 7) is 5.77. The van der Waals surface area contributed by atoms with Crippen molar-refractivity contribution in [2.45, 2.75) is 13.8 Å². The lowest BCUT2D eigenvalue weighted by molar-refractivity contribution is -0.384. The van der Waals surface area contributed by atoms with E-state index in [1.807, 2.05) is 32.0 Å². The fraction of sp³-hybridized carbons (Fsp3) is 0.300. The maximum absolute atomic E-state index is 12.0. The highest BCUT2D eigenvalue weighted by molar-refractivity contribution is 5.96. The molecule has 0 aromatic heterocycles. The third-order valence-corrected chi connectivity index (χ3v) is 4.18.